The van der Waals surface area contributed by atoms with Crippen molar-refractivity contribution in [1.29, 1.82) is 0 Å². The van der Waals surface area contributed by atoms with Crippen LogP contribution in [0.4, 0.5) is 21.5 Å². The van der Waals surface area contributed by atoms with Crippen molar-refractivity contribution in [2.24, 2.45) is 0 Å². The maximum Gasteiger partial charge on any atom is 0.257 e. The Balaban J connectivity index is 2.22. The number of halogens is 1. The molecule has 5 N–H and O–H groups in total. The minimum atomic E-state index is -0.418. The van der Waals surface area contributed by atoms with Crippen LogP contribution in [-0.4, -0.2) is 5.91 Å². The van der Waals surface area contributed by atoms with Gasteiger partial charge in [0.25, 0.3) is 5.91 Å². The highest BCUT2D eigenvalue weighted by molar-refractivity contribution is 6.08. The molecule has 0 aliphatic carbocycles. The van der Waals surface area contributed by atoms with Crippen LogP contribution >= 0.6 is 0 Å². The van der Waals surface area contributed by atoms with Crippen LogP contribution < -0.4 is 16.8 Å². The number of nitrogen functional groups attached to an aromatic ring is 2. The molecular formula is C13H12FN3O. The topological polar surface area (TPSA) is 81.1 Å². The van der Waals surface area contributed by atoms with Crippen LogP contribution in [0.1, 0.15) is 10.4 Å². The molecule has 92 valence electrons. The molecule has 0 saturated heterocycles. The van der Waals surface area contributed by atoms with E-state index in [2.05, 4.69) is 5.32 Å². The number of nitrogens with one attached hydrogen (secondary N) is 1. The molecule has 1 amide bonds. The molecule has 0 saturated carbocycles. The molecule has 0 aliphatic heterocycles. The Morgan fingerprint density at radius 1 is 1.11 bits per heavy atom. The molecule has 2 aromatic carbocycles. The molecule has 4 nitrogen and oxygen atoms in total. The van der Waals surface area contributed by atoms with E-state index in [0.29, 0.717) is 16.9 Å². The summed E-state index contributed by atoms with van der Waals surface area (Å²) in [6, 6.07) is 10.2. The van der Waals surface area contributed by atoms with E-state index >= 15 is 0 Å². The van der Waals surface area contributed by atoms with Gasteiger partial charge in [-0.05, 0) is 36.4 Å². The first kappa shape index (κ1) is 11.9. The Morgan fingerprint density at radius 2 is 1.89 bits per heavy atom. The van der Waals surface area contributed by atoms with Crippen LogP contribution in [0.15, 0.2) is 42.5 Å². The lowest BCUT2D eigenvalue weighted by Crippen LogP contribution is -2.14. The minimum absolute atomic E-state index is 0.281. The maximum atomic E-state index is 13.0. The van der Waals surface area contributed by atoms with Crippen molar-refractivity contribution < 1.29 is 9.18 Å². The van der Waals surface area contributed by atoms with Gasteiger partial charge in [0.15, 0.2) is 0 Å². The van der Waals surface area contributed by atoms with Crippen molar-refractivity contribution in [2.45, 2.75) is 0 Å². The first-order chi connectivity index (χ1) is 8.56. The summed E-state index contributed by atoms with van der Waals surface area (Å²) in [7, 11) is 0. The number of carbonyl (C=O) groups excluding carboxylic acids is 1. The Labute approximate surface area is 103 Å². The number of carbonyl (C=O) groups is 1. The molecular weight excluding hydrogens is 233 g/mol. The van der Waals surface area contributed by atoms with E-state index in [-0.39, 0.29) is 5.69 Å². The zero-order valence-electron chi connectivity index (χ0n) is 9.48. The fourth-order valence-electron chi connectivity index (χ4n) is 1.55. The predicted molar refractivity (Wildman–Crippen MR) is 69.6 cm³/mol. The molecule has 0 fully saturated rings. The molecule has 18 heavy (non-hydrogen) atoms. The van der Waals surface area contributed by atoms with E-state index in [0.717, 1.165) is 0 Å². The monoisotopic (exact) mass is 245 g/mol. The van der Waals surface area contributed by atoms with Gasteiger partial charge in [-0.3, -0.25) is 4.79 Å². The number of amides is 1. The molecule has 0 radical (unpaired) electrons. The van der Waals surface area contributed by atoms with Crippen molar-refractivity contribution in [1.82, 2.24) is 0 Å². The largest absolute Gasteiger partial charge is 0.399 e. The zero-order valence-corrected chi connectivity index (χ0v) is 9.48. The number of anilines is 3. The molecule has 2 rings (SSSR count). The first-order valence-corrected chi connectivity index (χ1v) is 5.28. The van der Waals surface area contributed by atoms with Gasteiger partial charge in [-0.25, -0.2) is 4.39 Å². The summed E-state index contributed by atoms with van der Waals surface area (Å²) in [5.74, 6) is -0.823. The van der Waals surface area contributed by atoms with Crippen molar-refractivity contribution in [3.63, 3.8) is 0 Å². The van der Waals surface area contributed by atoms with E-state index in [9.17, 15) is 9.18 Å². The third-order valence-corrected chi connectivity index (χ3v) is 2.40. The van der Waals surface area contributed by atoms with Crippen molar-refractivity contribution >= 4 is 23.0 Å². The van der Waals surface area contributed by atoms with Gasteiger partial charge < -0.3 is 16.8 Å². The quantitative estimate of drug-likeness (QED) is 0.710. The van der Waals surface area contributed by atoms with E-state index < -0.39 is 11.7 Å². The lowest BCUT2D eigenvalue weighted by atomic mass is 10.1. The normalized spacial score (nSPS) is 10.1. The number of nitrogens with two attached hydrogens (primary N) is 2. The highest BCUT2D eigenvalue weighted by atomic mass is 19.1. The minimum Gasteiger partial charge on any atom is -0.399 e. The van der Waals surface area contributed by atoms with Crippen molar-refractivity contribution in [3.8, 4) is 0 Å². The molecule has 0 unspecified atom stereocenters. The predicted octanol–water partition coefficient (Wildman–Crippen LogP) is 2.24. The summed E-state index contributed by atoms with van der Waals surface area (Å²) in [5, 5.41) is 2.56. The molecule has 2 aromatic rings. The average Bonchev–Trinajstić information content (AvgIpc) is 2.28. The van der Waals surface area contributed by atoms with Gasteiger partial charge in [-0.1, -0.05) is 6.07 Å². The lowest BCUT2D eigenvalue weighted by molar-refractivity contribution is 0.102. The van der Waals surface area contributed by atoms with Gasteiger partial charge in [0, 0.05) is 17.1 Å². The first-order valence-electron chi connectivity index (χ1n) is 5.28. The second-order valence-corrected chi connectivity index (χ2v) is 3.81. The highest BCUT2D eigenvalue weighted by Crippen LogP contribution is 2.18. The third-order valence-electron chi connectivity index (χ3n) is 2.40. The Bertz CT molecular complexity index is 599. The van der Waals surface area contributed by atoms with Gasteiger partial charge >= 0.3 is 0 Å². The van der Waals surface area contributed by atoms with Crippen molar-refractivity contribution in [3.05, 3.63) is 53.8 Å². The van der Waals surface area contributed by atoms with Gasteiger partial charge in [0.2, 0.25) is 0 Å². The Kier molecular flexibility index (Phi) is 3.14. The van der Waals surface area contributed by atoms with Crippen LogP contribution in [0, 0.1) is 5.82 Å². The molecule has 0 atom stereocenters. The van der Waals surface area contributed by atoms with E-state index in [1.165, 1.54) is 30.3 Å². The van der Waals surface area contributed by atoms with Gasteiger partial charge in [-0.2, -0.15) is 0 Å². The van der Waals surface area contributed by atoms with Gasteiger partial charge in [0.1, 0.15) is 5.82 Å². The summed E-state index contributed by atoms with van der Waals surface area (Å²) in [4.78, 5) is 11.9. The second-order valence-electron chi connectivity index (χ2n) is 3.81. The smallest absolute Gasteiger partial charge is 0.257 e. The SMILES string of the molecule is Nc1ccc(C(=O)Nc2cccc(F)c2)c(N)c1. The summed E-state index contributed by atoms with van der Waals surface area (Å²) in [6.07, 6.45) is 0. The lowest BCUT2D eigenvalue weighted by Gasteiger charge is -2.08. The number of benzene rings is 2. The Hall–Kier alpha value is -2.56. The average molecular weight is 245 g/mol. The molecule has 0 bridgehead atoms. The molecule has 0 spiro atoms. The number of rotatable bonds is 2. The van der Waals surface area contributed by atoms with Crippen LogP contribution in [0.5, 0.6) is 0 Å². The summed E-state index contributed by atoms with van der Waals surface area (Å²) in [5.41, 5.74) is 12.7. The fourth-order valence-corrected chi connectivity index (χ4v) is 1.55. The third kappa shape index (κ3) is 2.57. The van der Waals surface area contributed by atoms with E-state index in [4.69, 9.17) is 11.5 Å². The van der Waals surface area contributed by atoms with E-state index in [1.807, 2.05) is 0 Å². The second kappa shape index (κ2) is 4.75. The van der Waals surface area contributed by atoms with Crippen LogP contribution in [0.25, 0.3) is 0 Å². The molecule has 0 heterocycles. The van der Waals surface area contributed by atoms with Gasteiger partial charge in [-0.15, -0.1) is 0 Å². The fraction of sp³-hybridized carbons (Fsp3) is 0. The zero-order chi connectivity index (χ0) is 13.1. The highest BCUT2D eigenvalue weighted by Gasteiger charge is 2.10. The standard InChI is InChI=1S/C13H12FN3O/c14-8-2-1-3-10(6-8)17-13(18)11-5-4-9(15)7-12(11)16/h1-7H,15-16H2,(H,17,18). The number of hydrogen-bond donors (Lipinski definition) is 3. The maximum absolute atomic E-state index is 13.0. The molecule has 0 aliphatic rings. The van der Waals surface area contributed by atoms with Crippen LogP contribution in [0.2, 0.25) is 0 Å². The van der Waals surface area contributed by atoms with Crippen molar-refractivity contribution in [2.75, 3.05) is 16.8 Å². The summed E-state index contributed by atoms with van der Waals surface area (Å²) in [6.45, 7) is 0. The van der Waals surface area contributed by atoms with Crippen LogP contribution in [-0.2, 0) is 0 Å². The van der Waals surface area contributed by atoms with Gasteiger partial charge in [0.05, 0.1) is 5.56 Å². The van der Waals surface area contributed by atoms with Crippen LogP contribution in [0.3, 0.4) is 0 Å². The Morgan fingerprint density at radius 3 is 2.56 bits per heavy atom. The molecule has 5 heteroatoms. The number of hydrogen-bond acceptors (Lipinski definition) is 3. The molecule has 0 aromatic heterocycles. The summed E-state index contributed by atoms with van der Waals surface area (Å²) >= 11 is 0. The summed E-state index contributed by atoms with van der Waals surface area (Å²) < 4.78 is 13.0. The van der Waals surface area contributed by atoms with E-state index in [1.54, 1.807) is 12.1 Å².